The summed E-state index contributed by atoms with van der Waals surface area (Å²) >= 11 is 0. The van der Waals surface area contributed by atoms with Crippen LogP contribution in [0.4, 0.5) is 9.59 Å². The van der Waals surface area contributed by atoms with E-state index >= 15 is 0 Å². The van der Waals surface area contributed by atoms with Crippen molar-refractivity contribution < 1.29 is 23.9 Å². The summed E-state index contributed by atoms with van der Waals surface area (Å²) in [4.78, 5) is 37.4. The summed E-state index contributed by atoms with van der Waals surface area (Å²) in [5.41, 5.74) is 2.92. The number of ether oxygens (including phenoxy) is 2. The Morgan fingerprint density at radius 3 is 2.87 bits per heavy atom. The van der Waals surface area contributed by atoms with Gasteiger partial charge in [-0.25, -0.2) is 14.5 Å². The van der Waals surface area contributed by atoms with Crippen LogP contribution in [0.1, 0.15) is 6.92 Å². The maximum absolute atomic E-state index is 11.9. The third-order valence-corrected chi connectivity index (χ3v) is 3.29. The number of hydrogen-bond donors (Lipinski definition) is 0. The largest absolute Gasteiger partial charge is 0.447 e. The van der Waals surface area contributed by atoms with Gasteiger partial charge in [0.2, 0.25) is 0 Å². The highest BCUT2D eigenvalue weighted by Crippen LogP contribution is 2.14. The molecule has 2 rings (SSSR count). The highest BCUT2D eigenvalue weighted by atomic mass is 16.6. The minimum absolute atomic E-state index is 0.166. The predicted molar refractivity (Wildman–Crippen MR) is 81.5 cm³/mol. The maximum Gasteiger partial charge on any atom is 0.416 e. The fourth-order valence-electron chi connectivity index (χ4n) is 2.08. The molecule has 122 valence electrons. The first kappa shape index (κ1) is 16.6. The number of imide groups is 1. The lowest BCUT2D eigenvalue weighted by atomic mass is 10.2. The number of amides is 3. The van der Waals surface area contributed by atoms with Gasteiger partial charge in [-0.3, -0.25) is 9.69 Å². The van der Waals surface area contributed by atoms with Gasteiger partial charge in [-0.15, -0.1) is 5.73 Å². The van der Waals surface area contributed by atoms with Crippen molar-refractivity contribution in [3.8, 4) is 0 Å². The summed E-state index contributed by atoms with van der Waals surface area (Å²) in [6.45, 7) is 2.83. The van der Waals surface area contributed by atoms with Gasteiger partial charge in [0.1, 0.15) is 13.2 Å². The Morgan fingerprint density at radius 1 is 1.35 bits per heavy atom. The Labute approximate surface area is 134 Å². The van der Waals surface area contributed by atoms with E-state index in [-0.39, 0.29) is 25.8 Å². The standard InChI is InChI=1S/C16H18N2O5/c1-2-3-4-5-6-9-17-13(12-23-15(17)20)7-8-14(19)18-10-11-22-16(18)21/h2-4,6-8,13H,9-12H2,1H3/b3-2+,8-7+/t5?,13-/m0/s1. The second-order valence-corrected chi connectivity index (χ2v) is 4.82. The maximum atomic E-state index is 11.9. The Hall–Kier alpha value is -2.79. The van der Waals surface area contributed by atoms with Crippen LogP contribution in [-0.2, 0) is 14.3 Å². The predicted octanol–water partition coefficient (Wildman–Crippen LogP) is 1.63. The molecular weight excluding hydrogens is 300 g/mol. The van der Waals surface area contributed by atoms with E-state index in [0.717, 1.165) is 4.90 Å². The number of carbonyl (C=O) groups is 3. The minimum Gasteiger partial charge on any atom is -0.447 e. The average Bonchev–Trinajstić information content (AvgIpc) is 3.11. The zero-order valence-corrected chi connectivity index (χ0v) is 12.8. The lowest BCUT2D eigenvalue weighted by Crippen LogP contribution is -2.33. The fraction of sp³-hybridized carbons (Fsp3) is 0.375. The van der Waals surface area contributed by atoms with Crippen LogP contribution in [0.25, 0.3) is 0 Å². The Kier molecular flexibility index (Phi) is 5.77. The van der Waals surface area contributed by atoms with E-state index in [0.29, 0.717) is 6.54 Å². The van der Waals surface area contributed by atoms with Crippen molar-refractivity contribution in [2.45, 2.75) is 13.0 Å². The van der Waals surface area contributed by atoms with Crippen LogP contribution in [0.3, 0.4) is 0 Å². The van der Waals surface area contributed by atoms with Crippen LogP contribution in [0.5, 0.6) is 0 Å². The van der Waals surface area contributed by atoms with Crippen LogP contribution in [0.15, 0.2) is 42.2 Å². The van der Waals surface area contributed by atoms with Crippen molar-refractivity contribution in [2.75, 3.05) is 26.3 Å². The molecule has 0 aromatic rings. The molecule has 0 aliphatic carbocycles. The molecule has 3 amide bonds. The SMILES string of the molecule is C/C=C/C=C=CCN1C(=O)OC[C@@H]1/C=C/C(=O)N1CCOC1=O. The van der Waals surface area contributed by atoms with Crippen LogP contribution in [0, 0.1) is 0 Å². The number of carbonyl (C=O) groups excluding carboxylic acids is 3. The zero-order valence-electron chi connectivity index (χ0n) is 12.8. The molecule has 2 aliphatic heterocycles. The molecule has 1 atom stereocenters. The van der Waals surface area contributed by atoms with Gasteiger partial charge in [0.25, 0.3) is 5.91 Å². The third kappa shape index (κ3) is 4.34. The van der Waals surface area contributed by atoms with Crippen molar-refractivity contribution in [1.29, 1.82) is 0 Å². The molecule has 0 radical (unpaired) electrons. The topological polar surface area (TPSA) is 76.2 Å². The molecule has 7 heteroatoms. The number of hydrogen-bond acceptors (Lipinski definition) is 5. The van der Waals surface area contributed by atoms with Gasteiger partial charge in [0.05, 0.1) is 19.1 Å². The lowest BCUT2D eigenvalue weighted by Gasteiger charge is -2.16. The summed E-state index contributed by atoms with van der Waals surface area (Å²) in [6, 6.07) is -0.357. The molecule has 0 aromatic carbocycles. The van der Waals surface area contributed by atoms with Crippen molar-refractivity contribution in [3.05, 3.63) is 42.2 Å². The fourth-order valence-corrected chi connectivity index (χ4v) is 2.08. The Balaban J connectivity index is 1.96. The quantitative estimate of drug-likeness (QED) is 0.437. The van der Waals surface area contributed by atoms with Crippen molar-refractivity contribution in [3.63, 3.8) is 0 Å². The van der Waals surface area contributed by atoms with Gasteiger partial charge in [-0.05, 0) is 19.1 Å². The molecule has 2 fully saturated rings. The van der Waals surface area contributed by atoms with E-state index < -0.39 is 18.1 Å². The van der Waals surface area contributed by atoms with Crippen LogP contribution in [0.2, 0.25) is 0 Å². The number of rotatable bonds is 5. The summed E-state index contributed by atoms with van der Waals surface area (Å²) in [7, 11) is 0. The molecule has 0 saturated carbocycles. The molecule has 0 unspecified atom stereocenters. The van der Waals surface area contributed by atoms with Gasteiger partial charge in [-0.2, -0.15) is 0 Å². The van der Waals surface area contributed by atoms with Crippen LogP contribution < -0.4 is 0 Å². The van der Waals surface area contributed by atoms with Crippen molar-refractivity contribution in [2.24, 2.45) is 0 Å². The molecule has 2 aliphatic rings. The number of allylic oxidation sites excluding steroid dienone is 2. The molecule has 0 N–H and O–H groups in total. The van der Waals surface area contributed by atoms with Gasteiger partial charge in [0, 0.05) is 6.08 Å². The van der Waals surface area contributed by atoms with Gasteiger partial charge in [0.15, 0.2) is 0 Å². The average molecular weight is 318 g/mol. The molecule has 0 bridgehead atoms. The number of cyclic esters (lactones) is 2. The van der Waals surface area contributed by atoms with Crippen molar-refractivity contribution in [1.82, 2.24) is 9.80 Å². The summed E-state index contributed by atoms with van der Waals surface area (Å²) in [6.07, 6.45) is 8.86. The van der Waals surface area contributed by atoms with Gasteiger partial charge < -0.3 is 9.47 Å². The second-order valence-electron chi connectivity index (χ2n) is 4.82. The van der Waals surface area contributed by atoms with Crippen LogP contribution in [-0.4, -0.2) is 60.2 Å². The summed E-state index contributed by atoms with van der Waals surface area (Å²) in [5, 5.41) is 0. The van der Waals surface area contributed by atoms with E-state index in [2.05, 4.69) is 5.73 Å². The van der Waals surface area contributed by atoms with E-state index in [1.807, 2.05) is 19.1 Å². The smallest absolute Gasteiger partial charge is 0.416 e. The Morgan fingerprint density at radius 2 is 2.17 bits per heavy atom. The molecule has 7 nitrogen and oxygen atoms in total. The van der Waals surface area contributed by atoms with Crippen LogP contribution >= 0.6 is 0 Å². The van der Waals surface area contributed by atoms with Gasteiger partial charge in [-0.1, -0.05) is 18.2 Å². The van der Waals surface area contributed by atoms with Crippen molar-refractivity contribution >= 4 is 18.1 Å². The molecule has 0 spiro atoms. The first-order valence-electron chi connectivity index (χ1n) is 7.25. The molecule has 2 heterocycles. The lowest BCUT2D eigenvalue weighted by molar-refractivity contribution is -0.122. The molecule has 23 heavy (non-hydrogen) atoms. The molecule has 2 saturated heterocycles. The summed E-state index contributed by atoms with van der Waals surface area (Å²) in [5.74, 6) is -0.463. The highest BCUT2D eigenvalue weighted by Gasteiger charge is 2.31. The monoisotopic (exact) mass is 318 g/mol. The number of nitrogens with zero attached hydrogens (tertiary/aromatic N) is 2. The van der Waals surface area contributed by atoms with E-state index in [4.69, 9.17) is 9.47 Å². The van der Waals surface area contributed by atoms with Gasteiger partial charge >= 0.3 is 12.2 Å². The Bertz CT molecular complexity index is 602. The summed E-state index contributed by atoms with van der Waals surface area (Å²) < 4.78 is 9.69. The normalized spacial score (nSPS) is 20.8. The molecule has 0 aromatic heterocycles. The second kappa shape index (κ2) is 8.00. The minimum atomic E-state index is -0.646. The third-order valence-electron chi connectivity index (χ3n) is 3.29. The first-order valence-corrected chi connectivity index (χ1v) is 7.25. The zero-order chi connectivity index (χ0) is 16.7. The molecular formula is C16H18N2O5. The highest BCUT2D eigenvalue weighted by molar-refractivity contribution is 5.99. The van der Waals surface area contributed by atoms with E-state index in [1.165, 1.54) is 11.0 Å². The first-order chi connectivity index (χ1) is 11.1. The van der Waals surface area contributed by atoms with E-state index in [1.54, 1.807) is 18.2 Å². The van der Waals surface area contributed by atoms with E-state index in [9.17, 15) is 14.4 Å².